The lowest BCUT2D eigenvalue weighted by molar-refractivity contribution is -0.137. The van der Waals surface area contributed by atoms with Crippen LogP contribution >= 0.6 is 0 Å². The van der Waals surface area contributed by atoms with Gasteiger partial charge in [-0.2, -0.15) is 9.90 Å². The normalized spacial score (nSPS) is 11.1. The molecule has 0 amide bonds. The first kappa shape index (κ1) is 16.6. The number of aromatic nitrogens is 6. The quantitative estimate of drug-likeness (QED) is 0.370. The molecule has 0 spiro atoms. The van der Waals surface area contributed by atoms with Crippen molar-refractivity contribution in [2.45, 2.75) is 13.0 Å². The molecule has 25 heavy (non-hydrogen) atoms. The maximum atomic E-state index is 11.6. The summed E-state index contributed by atoms with van der Waals surface area (Å²) in [4.78, 5) is 13.1. The van der Waals surface area contributed by atoms with Gasteiger partial charge in [-0.3, -0.25) is 4.68 Å². The van der Waals surface area contributed by atoms with Crippen LogP contribution in [0.4, 0.5) is 0 Å². The number of benzene rings is 1. The third-order valence-corrected chi connectivity index (χ3v) is 3.37. The van der Waals surface area contributed by atoms with E-state index < -0.39 is 0 Å². The van der Waals surface area contributed by atoms with E-state index in [1.807, 2.05) is 43.6 Å². The van der Waals surface area contributed by atoms with Crippen molar-refractivity contribution in [3.8, 4) is 11.4 Å². The fraction of sp³-hybridized carbons (Fsp3) is 0.235. The molecule has 0 aliphatic rings. The van der Waals surface area contributed by atoms with E-state index in [1.165, 1.54) is 10.9 Å². The molecule has 0 aliphatic heterocycles. The number of aryl methyl sites for hydroxylation is 2. The van der Waals surface area contributed by atoms with Crippen LogP contribution in [-0.2, 0) is 23.1 Å². The first-order valence-electron chi connectivity index (χ1n) is 7.87. The van der Waals surface area contributed by atoms with E-state index in [0.29, 0.717) is 25.4 Å². The Kier molecular flexibility index (Phi) is 5.30. The maximum Gasteiger partial charge on any atom is 0.330 e. The predicted molar refractivity (Wildman–Crippen MR) is 91.1 cm³/mol. The highest BCUT2D eigenvalue weighted by atomic mass is 16.5. The van der Waals surface area contributed by atoms with Crippen LogP contribution in [0, 0.1) is 0 Å². The van der Waals surface area contributed by atoms with Crippen molar-refractivity contribution in [2.24, 2.45) is 7.05 Å². The molecule has 0 saturated carbocycles. The fourth-order valence-corrected chi connectivity index (χ4v) is 2.16. The lowest BCUT2D eigenvalue weighted by atomic mass is 10.2. The lowest BCUT2D eigenvalue weighted by Gasteiger charge is -2.01. The highest BCUT2D eigenvalue weighted by Gasteiger charge is 2.05. The molecule has 0 fully saturated rings. The van der Waals surface area contributed by atoms with Crippen LogP contribution in [-0.4, -0.2) is 42.6 Å². The van der Waals surface area contributed by atoms with Crippen molar-refractivity contribution >= 4 is 12.0 Å². The van der Waals surface area contributed by atoms with Crippen LogP contribution in [0.2, 0.25) is 0 Å². The van der Waals surface area contributed by atoms with Gasteiger partial charge in [0, 0.05) is 36.9 Å². The Balaban J connectivity index is 1.40. The topological polar surface area (TPSA) is 87.7 Å². The molecule has 0 saturated heterocycles. The van der Waals surface area contributed by atoms with Gasteiger partial charge in [-0.15, -0.1) is 10.2 Å². The van der Waals surface area contributed by atoms with Gasteiger partial charge in [-0.05, 0) is 11.3 Å². The minimum Gasteiger partial charge on any atom is -0.462 e. The van der Waals surface area contributed by atoms with Crippen molar-refractivity contribution in [1.29, 1.82) is 0 Å². The van der Waals surface area contributed by atoms with E-state index in [1.54, 1.807) is 17.0 Å². The van der Waals surface area contributed by atoms with E-state index in [9.17, 15) is 4.79 Å². The largest absolute Gasteiger partial charge is 0.462 e. The van der Waals surface area contributed by atoms with Crippen molar-refractivity contribution in [1.82, 2.24) is 30.0 Å². The average molecular weight is 338 g/mol. The Morgan fingerprint density at radius 1 is 1.28 bits per heavy atom. The number of carbonyl (C=O) groups is 1. The summed E-state index contributed by atoms with van der Waals surface area (Å²) in [7, 11) is 1.82. The highest BCUT2D eigenvalue weighted by molar-refractivity contribution is 5.86. The predicted octanol–water partition coefficient (Wildman–Crippen LogP) is 1.72. The number of ether oxygens (including phenoxy) is 1. The molecular weight excluding hydrogens is 320 g/mol. The minimum atomic E-state index is -0.389. The molecule has 3 rings (SSSR count). The van der Waals surface area contributed by atoms with E-state index in [-0.39, 0.29) is 5.97 Å². The number of hydrogen-bond acceptors (Lipinski definition) is 6. The second-order valence-corrected chi connectivity index (χ2v) is 5.38. The average Bonchev–Trinajstić information content (AvgIpc) is 3.27. The molecule has 0 radical (unpaired) electrons. The molecule has 0 atom stereocenters. The third kappa shape index (κ3) is 4.84. The Morgan fingerprint density at radius 2 is 2.12 bits per heavy atom. The summed E-state index contributed by atoms with van der Waals surface area (Å²) in [5.74, 6) is 0.192. The molecule has 0 bridgehead atoms. The summed E-state index contributed by atoms with van der Waals surface area (Å²) in [6.07, 6.45) is 7.14. The molecule has 1 aromatic carbocycles. The van der Waals surface area contributed by atoms with Gasteiger partial charge in [0.15, 0.2) is 0 Å². The number of rotatable bonds is 7. The number of esters is 1. The van der Waals surface area contributed by atoms with Crippen molar-refractivity contribution in [2.75, 3.05) is 6.61 Å². The Morgan fingerprint density at radius 3 is 2.88 bits per heavy atom. The second-order valence-electron chi connectivity index (χ2n) is 5.38. The van der Waals surface area contributed by atoms with Gasteiger partial charge >= 0.3 is 5.97 Å². The number of tetrazole rings is 1. The molecule has 0 unspecified atom stereocenters. The molecule has 0 N–H and O–H groups in total. The van der Waals surface area contributed by atoms with Crippen molar-refractivity contribution < 1.29 is 9.53 Å². The van der Waals surface area contributed by atoms with Crippen LogP contribution < -0.4 is 0 Å². The van der Waals surface area contributed by atoms with Crippen molar-refractivity contribution in [3.63, 3.8) is 0 Å². The van der Waals surface area contributed by atoms with Gasteiger partial charge in [0.05, 0.1) is 19.3 Å². The monoisotopic (exact) mass is 338 g/mol. The Hall–Kier alpha value is -3.29. The molecule has 2 aromatic heterocycles. The Bertz CT molecular complexity index is 853. The van der Waals surface area contributed by atoms with Crippen LogP contribution in [0.3, 0.4) is 0 Å². The lowest BCUT2D eigenvalue weighted by Crippen LogP contribution is -2.08. The number of hydrogen-bond donors (Lipinski definition) is 0. The minimum absolute atomic E-state index is 0.290. The van der Waals surface area contributed by atoms with Gasteiger partial charge in [0.2, 0.25) is 5.82 Å². The van der Waals surface area contributed by atoms with Gasteiger partial charge in [-0.25, -0.2) is 4.79 Å². The van der Waals surface area contributed by atoms with Crippen molar-refractivity contribution in [3.05, 3.63) is 54.4 Å². The molecular formula is C17H18N6O2. The molecule has 8 nitrogen and oxygen atoms in total. The van der Waals surface area contributed by atoms with Crippen LogP contribution in [0.1, 0.15) is 12.0 Å². The first-order chi connectivity index (χ1) is 12.2. The van der Waals surface area contributed by atoms with Gasteiger partial charge in [-0.1, -0.05) is 30.3 Å². The second kappa shape index (κ2) is 8.00. The SMILES string of the molecule is Cn1cc(/C=C\C(=O)OCCCn2nnc(-c3ccccc3)n2)cn1. The molecule has 3 aromatic rings. The maximum absolute atomic E-state index is 11.6. The van der Waals surface area contributed by atoms with Crippen LogP contribution in [0.5, 0.6) is 0 Å². The zero-order chi connectivity index (χ0) is 17.5. The molecule has 8 heteroatoms. The number of nitrogens with zero attached hydrogens (tertiary/aromatic N) is 6. The first-order valence-corrected chi connectivity index (χ1v) is 7.87. The van der Waals surface area contributed by atoms with Gasteiger partial charge < -0.3 is 4.74 Å². The zero-order valence-corrected chi connectivity index (χ0v) is 13.8. The van der Waals surface area contributed by atoms with Gasteiger partial charge in [0.1, 0.15) is 0 Å². The summed E-state index contributed by atoms with van der Waals surface area (Å²) >= 11 is 0. The molecule has 0 aliphatic carbocycles. The van der Waals surface area contributed by atoms with E-state index in [4.69, 9.17) is 4.74 Å². The fourth-order valence-electron chi connectivity index (χ4n) is 2.16. The van der Waals surface area contributed by atoms with Crippen LogP contribution in [0.15, 0.2) is 48.8 Å². The smallest absolute Gasteiger partial charge is 0.330 e. The van der Waals surface area contributed by atoms with Crippen LogP contribution in [0.25, 0.3) is 17.5 Å². The third-order valence-electron chi connectivity index (χ3n) is 3.37. The highest BCUT2D eigenvalue weighted by Crippen LogP contribution is 2.11. The summed E-state index contributed by atoms with van der Waals surface area (Å²) in [5.41, 5.74) is 1.76. The summed E-state index contributed by atoms with van der Waals surface area (Å²) in [5, 5.41) is 16.3. The number of carbonyl (C=O) groups excluding carboxylic acids is 1. The zero-order valence-electron chi connectivity index (χ0n) is 13.8. The van der Waals surface area contributed by atoms with E-state index >= 15 is 0 Å². The molecule has 128 valence electrons. The molecule has 2 heterocycles. The van der Waals surface area contributed by atoms with E-state index in [2.05, 4.69) is 20.5 Å². The summed E-state index contributed by atoms with van der Waals surface area (Å²) in [6, 6.07) is 9.64. The summed E-state index contributed by atoms with van der Waals surface area (Å²) in [6.45, 7) is 0.817. The van der Waals surface area contributed by atoms with E-state index in [0.717, 1.165) is 11.1 Å². The summed E-state index contributed by atoms with van der Waals surface area (Å²) < 4.78 is 6.81. The standard InChI is InChI=1S/C17H18N6O2/c1-22-13-14(12-18-22)8-9-16(24)25-11-5-10-23-20-17(19-21-23)15-6-3-2-4-7-15/h2-4,6-9,12-13H,5,10-11H2,1H3/b9-8-. The Labute approximate surface area is 144 Å². The van der Waals surface area contributed by atoms with Gasteiger partial charge in [0.25, 0.3) is 0 Å².